The summed E-state index contributed by atoms with van der Waals surface area (Å²) in [6.07, 6.45) is 2.17. The van der Waals surface area contributed by atoms with Crippen LogP contribution in [0.2, 0.25) is 0 Å². The second-order valence-electron chi connectivity index (χ2n) is 6.43. The highest BCUT2D eigenvalue weighted by molar-refractivity contribution is 6.09. The number of unbranched alkanes of at least 4 members (excludes halogenated alkanes) is 1. The van der Waals surface area contributed by atoms with Crippen molar-refractivity contribution in [3.05, 3.63) is 59.2 Å². The molecule has 0 spiro atoms. The fourth-order valence-corrected chi connectivity index (χ4v) is 2.64. The topological polar surface area (TPSA) is 111 Å². The van der Waals surface area contributed by atoms with Crippen LogP contribution in [0.3, 0.4) is 0 Å². The van der Waals surface area contributed by atoms with E-state index in [4.69, 9.17) is 4.74 Å². The highest BCUT2D eigenvalue weighted by atomic mass is 16.5. The predicted octanol–water partition coefficient (Wildman–Crippen LogP) is 3.64. The van der Waals surface area contributed by atoms with Crippen molar-refractivity contribution in [3.63, 3.8) is 0 Å². The Morgan fingerprint density at radius 2 is 1.47 bits per heavy atom. The first-order valence-corrected chi connectivity index (χ1v) is 9.41. The van der Waals surface area contributed by atoms with Gasteiger partial charge in [0.05, 0.1) is 31.0 Å². The first-order chi connectivity index (χ1) is 14.4. The van der Waals surface area contributed by atoms with Crippen LogP contribution in [0.4, 0.5) is 11.4 Å². The molecule has 0 aromatic heterocycles. The number of ether oxygens (including phenoxy) is 2. The normalized spacial score (nSPS) is 10.1. The van der Waals surface area contributed by atoms with Crippen molar-refractivity contribution >= 4 is 35.1 Å². The molecule has 0 aliphatic rings. The van der Waals surface area contributed by atoms with Gasteiger partial charge < -0.3 is 20.1 Å². The molecule has 0 radical (unpaired) electrons. The Morgan fingerprint density at radius 1 is 0.833 bits per heavy atom. The third-order valence-electron chi connectivity index (χ3n) is 4.28. The Kier molecular flexibility index (Phi) is 8.10. The number of esters is 2. The Morgan fingerprint density at radius 3 is 2.07 bits per heavy atom. The van der Waals surface area contributed by atoms with Crippen LogP contribution in [0, 0.1) is 0 Å². The van der Waals surface area contributed by atoms with E-state index in [1.165, 1.54) is 32.4 Å². The first-order valence-electron chi connectivity index (χ1n) is 9.41. The van der Waals surface area contributed by atoms with Crippen LogP contribution < -0.4 is 10.6 Å². The number of nitrogens with one attached hydrogen (secondary N) is 2. The maximum atomic E-state index is 12.6. The van der Waals surface area contributed by atoms with Crippen molar-refractivity contribution in [1.82, 2.24) is 0 Å². The maximum absolute atomic E-state index is 12.6. The molecule has 2 aromatic carbocycles. The van der Waals surface area contributed by atoms with Crippen LogP contribution in [-0.2, 0) is 14.3 Å². The van der Waals surface area contributed by atoms with Crippen LogP contribution in [-0.4, -0.2) is 38.0 Å². The highest BCUT2D eigenvalue weighted by Crippen LogP contribution is 2.21. The third-order valence-corrected chi connectivity index (χ3v) is 4.28. The molecule has 0 aliphatic carbocycles. The van der Waals surface area contributed by atoms with E-state index in [0.717, 1.165) is 12.8 Å². The van der Waals surface area contributed by atoms with Gasteiger partial charge in [-0.25, -0.2) is 9.59 Å². The number of anilines is 2. The summed E-state index contributed by atoms with van der Waals surface area (Å²) in [5.41, 5.74) is 1.27. The van der Waals surface area contributed by atoms with Crippen molar-refractivity contribution < 1.29 is 28.7 Å². The number of methoxy groups -OCH3 is 2. The van der Waals surface area contributed by atoms with E-state index in [9.17, 15) is 19.2 Å². The van der Waals surface area contributed by atoms with Crippen molar-refractivity contribution in [1.29, 1.82) is 0 Å². The number of carbonyl (C=O) groups is 4. The number of benzene rings is 2. The van der Waals surface area contributed by atoms with E-state index in [2.05, 4.69) is 15.4 Å². The van der Waals surface area contributed by atoms with Crippen molar-refractivity contribution in [3.8, 4) is 0 Å². The summed E-state index contributed by atoms with van der Waals surface area (Å²) < 4.78 is 9.40. The smallest absolute Gasteiger partial charge is 0.339 e. The number of hydrogen-bond donors (Lipinski definition) is 2. The largest absolute Gasteiger partial charge is 0.465 e. The fourth-order valence-electron chi connectivity index (χ4n) is 2.64. The predicted molar refractivity (Wildman–Crippen MR) is 112 cm³/mol. The van der Waals surface area contributed by atoms with Crippen LogP contribution >= 0.6 is 0 Å². The molecule has 30 heavy (non-hydrogen) atoms. The second-order valence-corrected chi connectivity index (χ2v) is 6.43. The molecule has 2 aromatic rings. The van der Waals surface area contributed by atoms with Gasteiger partial charge in [0, 0.05) is 17.7 Å². The van der Waals surface area contributed by atoms with E-state index in [1.807, 2.05) is 6.92 Å². The molecule has 2 amide bonds. The summed E-state index contributed by atoms with van der Waals surface area (Å²) in [5.74, 6) is -1.85. The van der Waals surface area contributed by atoms with Crippen molar-refractivity contribution in [2.24, 2.45) is 0 Å². The van der Waals surface area contributed by atoms with Gasteiger partial charge in [-0.15, -0.1) is 0 Å². The lowest BCUT2D eigenvalue weighted by atomic mass is 10.1. The lowest BCUT2D eigenvalue weighted by molar-refractivity contribution is -0.116. The van der Waals surface area contributed by atoms with Gasteiger partial charge in [0.15, 0.2) is 0 Å². The molecule has 0 atom stereocenters. The standard InChI is InChI=1S/C22H24N2O6/c1-4-5-6-19(25)23-16-10-7-14(8-11-16)20(26)24-18-13-15(21(27)29-2)9-12-17(18)22(28)30-3/h7-13H,4-6H2,1-3H3,(H,23,25)(H,24,26). The van der Waals surface area contributed by atoms with E-state index >= 15 is 0 Å². The maximum Gasteiger partial charge on any atom is 0.339 e. The summed E-state index contributed by atoms with van der Waals surface area (Å²) in [5, 5.41) is 5.38. The number of carbonyl (C=O) groups excluding carboxylic acids is 4. The molecule has 2 rings (SSSR count). The minimum atomic E-state index is -0.660. The van der Waals surface area contributed by atoms with E-state index in [0.29, 0.717) is 17.7 Å². The molecular formula is C22H24N2O6. The Hall–Kier alpha value is -3.68. The average Bonchev–Trinajstić information content (AvgIpc) is 2.76. The molecule has 0 aliphatic heterocycles. The summed E-state index contributed by atoms with van der Waals surface area (Å²) in [7, 11) is 2.45. The molecule has 8 heteroatoms. The molecule has 8 nitrogen and oxygen atoms in total. The van der Waals surface area contributed by atoms with Gasteiger partial charge in [0.1, 0.15) is 0 Å². The number of rotatable bonds is 8. The molecular weight excluding hydrogens is 388 g/mol. The van der Waals surface area contributed by atoms with Gasteiger partial charge in [-0.05, 0) is 48.9 Å². The molecule has 0 heterocycles. The molecule has 0 saturated heterocycles. The van der Waals surface area contributed by atoms with Gasteiger partial charge in [0.2, 0.25) is 5.91 Å². The monoisotopic (exact) mass is 412 g/mol. The summed E-state index contributed by atoms with van der Waals surface area (Å²) in [6.45, 7) is 2.01. The van der Waals surface area contributed by atoms with Gasteiger partial charge in [-0.1, -0.05) is 13.3 Å². The number of amides is 2. The zero-order valence-electron chi connectivity index (χ0n) is 17.1. The third kappa shape index (κ3) is 5.91. The minimum Gasteiger partial charge on any atom is -0.465 e. The first kappa shape index (κ1) is 22.6. The molecule has 158 valence electrons. The van der Waals surface area contributed by atoms with Crippen molar-refractivity contribution in [2.45, 2.75) is 26.2 Å². The van der Waals surface area contributed by atoms with E-state index < -0.39 is 17.8 Å². The molecule has 2 N–H and O–H groups in total. The lowest BCUT2D eigenvalue weighted by Crippen LogP contribution is -2.17. The van der Waals surface area contributed by atoms with Crippen LogP contribution in [0.15, 0.2) is 42.5 Å². The van der Waals surface area contributed by atoms with E-state index in [-0.39, 0.29) is 22.7 Å². The summed E-state index contributed by atoms with van der Waals surface area (Å²) in [6, 6.07) is 10.5. The molecule has 0 bridgehead atoms. The Bertz CT molecular complexity index is 937. The van der Waals surface area contributed by atoms with Crippen LogP contribution in [0.1, 0.15) is 57.3 Å². The highest BCUT2D eigenvalue weighted by Gasteiger charge is 2.18. The van der Waals surface area contributed by atoms with Gasteiger partial charge in [-0.3, -0.25) is 9.59 Å². The Balaban J connectivity index is 2.19. The van der Waals surface area contributed by atoms with Gasteiger partial charge in [0.25, 0.3) is 5.91 Å². The van der Waals surface area contributed by atoms with Crippen LogP contribution in [0.25, 0.3) is 0 Å². The zero-order valence-corrected chi connectivity index (χ0v) is 17.1. The van der Waals surface area contributed by atoms with Crippen molar-refractivity contribution in [2.75, 3.05) is 24.9 Å². The molecule has 0 saturated carbocycles. The molecule has 0 fully saturated rings. The average molecular weight is 412 g/mol. The quantitative estimate of drug-likeness (QED) is 0.641. The molecule has 0 unspecified atom stereocenters. The van der Waals surface area contributed by atoms with E-state index in [1.54, 1.807) is 24.3 Å². The fraction of sp³-hybridized carbons (Fsp3) is 0.273. The Labute approximate surface area is 174 Å². The zero-order chi connectivity index (χ0) is 22.1. The SMILES string of the molecule is CCCCC(=O)Nc1ccc(C(=O)Nc2cc(C(=O)OC)ccc2C(=O)OC)cc1. The minimum absolute atomic E-state index is 0.0867. The number of hydrogen-bond acceptors (Lipinski definition) is 6. The lowest BCUT2D eigenvalue weighted by Gasteiger charge is -2.12. The summed E-state index contributed by atoms with van der Waals surface area (Å²) in [4.78, 5) is 48.2. The van der Waals surface area contributed by atoms with Gasteiger partial charge in [-0.2, -0.15) is 0 Å². The van der Waals surface area contributed by atoms with Gasteiger partial charge >= 0.3 is 11.9 Å². The summed E-state index contributed by atoms with van der Waals surface area (Å²) >= 11 is 0. The second kappa shape index (κ2) is 10.8. The van der Waals surface area contributed by atoms with Crippen LogP contribution in [0.5, 0.6) is 0 Å².